The summed E-state index contributed by atoms with van der Waals surface area (Å²) in [7, 11) is 1.74. The number of nitrogens with zero attached hydrogens (tertiary/aromatic N) is 4. The van der Waals surface area contributed by atoms with E-state index in [9.17, 15) is 9.59 Å². The molecule has 3 rings (SSSR count). The minimum Gasteiger partial charge on any atom is -0.492 e. The van der Waals surface area contributed by atoms with Crippen LogP contribution in [0.4, 0.5) is 5.13 Å². The summed E-state index contributed by atoms with van der Waals surface area (Å²) < 4.78 is 5.96. The summed E-state index contributed by atoms with van der Waals surface area (Å²) in [6.45, 7) is 7.36. The number of aliphatic carboxylic acids is 1. The second-order valence-electron chi connectivity index (χ2n) is 8.60. The highest BCUT2D eigenvalue weighted by Crippen LogP contribution is 2.34. The number of halogens is 1. The Morgan fingerprint density at radius 1 is 1.11 bits per heavy atom. The third kappa shape index (κ3) is 7.02. The number of benzene rings is 2. The predicted molar refractivity (Wildman–Crippen MR) is 143 cm³/mol. The van der Waals surface area contributed by atoms with Crippen LogP contribution < -0.4 is 9.64 Å². The SMILES string of the molecule is CCCCN(C(=O)c1ccccc1Cl)c1nnc(-c2cc(C)c(OCCN(C)CC(=O)O)c(C)c2)s1. The Morgan fingerprint density at radius 3 is 2.44 bits per heavy atom. The van der Waals surface area contributed by atoms with Crippen LogP contribution in [0.25, 0.3) is 10.6 Å². The van der Waals surface area contributed by atoms with Crippen molar-refractivity contribution in [2.24, 2.45) is 0 Å². The topological polar surface area (TPSA) is 95.9 Å². The Labute approximate surface area is 220 Å². The molecule has 0 spiro atoms. The minimum absolute atomic E-state index is 0.0338. The normalized spacial score (nSPS) is 11.1. The fourth-order valence-corrected chi connectivity index (χ4v) is 4.81. The van der Waals surface area contributed by atoms with E-state index < -0.39 is 5.97 Å². The zero-order valence-corrected chi connectivity index (χ0v) is 22.5. The van der Waals surface area contributed by atoms with E-state index in [0.717, 1.165) is 35.3 Å². The van der Waals surface area contributed by atoms with Gasteiger partial charge in [0.2, 0.25) is 5.13 Å². The number of carboxylic acids is 1. The van der Waals surface area contributed by atoms with Gasteiger partial charge in [0.05, 0.1) is 17.1 Å². The van der Waals surface area contributed by atoms with Gasteiger partial charge in [-0.15, -0.1) is 10.2 Å². The van der Waals surface area contributed by atoms with Gasteiger partial charge in [0.15, 0.2) is 0 Å². The average molecular weight is 531 g/mol. The fourth-order valence-electron chi connectivity index (χ4n) is 3.74. The third-order valence-electron chi connectivity index (χ3n) is 5.56. The lowest BCUT2D eigenvalue weighted by atomic mass is 10.1. The minimum atomic E-state index is -0.868. The number of unbranched alkanes of at least 4 members (excludes halogenated alkanes) is 1. The first kappa shape index (κ1) is 27.6. The average Bonchev–Trinajstić information content (AvgIpc) is 3.30. The number of carboxylic acid groups (broad SMARTS) is 1. The standard InChI is InChI=1S/C26H31ClN4O4S/c1-5-6-11-31(25(34)20-9-7-8-10-21(20)27)26-29-28-24(36-26)19-14-17(2)23(18(3)15-19)35-13-12-30(4)16-22(32)33/h7-10,14-15H,5-6,11-13,16H2,1-4H3,(H,32,33). The summed E-state index contributed by atoms with van der Waals surface area (Å²) in [5.74, 6) is -0.293. The molecule has 0 bridgehead atoms. The number of ether oxygens (including phenoxy) is 1. The van der Waals surface area contributed by atoms with E-state index in [-0.39, 0.29) is 12.5 Å². The van der Waals surface area contributed by atoms with E-state index in [4.69, 9.17) is 21.4 Å². The number of carbonyl (C=O) groups is 2. The zero-order valence-electron chi connectivity index (χ0n) is 21.0. The first-order chi connectivity index (χ1) is 17.2. The van der Waals surface area contributed by atoms with Crippen LogP contribution in [0.3, 0.4) is 0 Å². The molecular weight excluding hydrogens is 500 g/mol. The van der Waals surface area contributed by atoms with E-state index in [0.29, 0.717) is 40.4 Å². The molecule has 0 saturated carbocycles. The van der Waals surface area contributed by atoms with Crippen molar-refractivity contribution in [3.8, 4) is 16.3 Å². The predicted octanol–water partition coefficient (Wildman–Crippen LogP) is 5.32. The molecule has 0 radical (unpaired) electrons. The van der Waals surface area contributed by atoms with Crippen LogP contribution in [0.2, 0.25) is 5.02 Å². The Bertz CT molecular complexity index is 1190. The number of rotatable bonds is 12. The number of amides is 1. The second kappa shape index (κ2) is 12.8. The van der Waals surface area contributed by atoms with Crippen LogP contribution in [-0.4, -0.2) is 65.4 Å². The van der Waals surface area contributed by atoms with Crippen molar-refractivity contribution in [2.75, 3.05) is 38.2 Å². The molecule has 1 aromatic heterocycles. The maximum absolute atomic E-state index is 13.3. The molecule has 1 heterocycles. The van der Waals surface area contributed by atoms with Crippen molar-refractivity contribution in [2.45, 2.75) is 33.6 Å². The van der Waals surface area contributed by atoms with Crippen LogP contribution in [0.5, 0.6) is 5.75 Å². The maximum Gasteiger partial charge on any atom is 0.317 e. The van der Waals surface area contributed by atoms with Crippen molar-refractivity contribution >= 4 is 39.9 Å². The van der Waals surface area contributed by atoms with Crippen LogP contribution in [0.1, 0.15) is 41.3 Å². The molecule has 0 fully saturated rings. The molecule has 36 heavy (non-hydrogen) atoms. The van der Waals surface area contributed by atoms with Gasteiger partial charge < -0.3 is 9.84 Å². The van der Waals surface area contributed by atoms with E-state index >= 15 is 0 Å². The van der Waals surface area contributed by atoms with E-state index in [1.165, 1.54) is 11.3 Å². The van der Waals surface area contributed by atoms with Gasteiger partial charge in [-0.25, -0.2) is 0 Å². The number of aromatic nitrogens is 2. The molecule has 0 atom stereocenters. The number of aryl methyl sites for hydroxylation is 2. The molecule has 192 valence electrons. The van der Waals surface area contributed by atoms with Crippen molar-refractivity contribution in [1.29, 1.82) is 0 Å². The lowest BCUT2D eigenvalue weighted by Crippen LogP contribution is -2.32. The number of anilines is 1. The fraction of sp³-hybridized carbons (Fsp3) is 0.385. The molecule has 2 aromatic carbocycles. The highest BCUT2D eigenvalue weighted by molar-refractivity contribution is 7.18. The van der Waals surface area contributed by atoms with Crippen molar-refractivity contribution < 1.29 is 19.4 Å². The van der Waals surface area contributed by atoms with Gasteiger partial charge in [0.1, 0.15) is 17.4 Å². The number of hydrogen-bond donors (Lipinski definition) is 1. The molecule has 3 aromatic rings. The van der Waals surface area contributed by atoms with Gasteiger partial charge in [0.25, 0.3) is 5.91 Å². The molecule has 8 nitrogen and oxygen atoms in total. The summed E-state index contributed by atoms with van der Waals surface area (Å²) in [4.78, 5) is 27.5. The van der Waals surface area contributed by atoms with E-state index in [2.05, 4.69) is 17.1 Å². The first-order valence-electron chi connectivity index (χ1n) is 11.8. The molecule has 1 amide bonds. The van der Waals surface area contributed by atoms with Crippen molar-refractivity contribution in [1.82, 2.24) is 15.1 Å². The summed E-state index contributed by atoms with van der Waals surface area (Å²) in [5, 5.41) is 19.2. The van der Waals surface area contributed by atoms with E-state index in [1.54, 1.807) is 41.1 Å². The van der Waals surface area contributed by atoms with Crippen LogP contribution in [0.15, 0.2) is 36.4 Å². The van der Waals surface area contributed by atoms with Gasteiger partial charge >= 0.3 is 5.97 Å². The van der Waals surface area contributed by atoms with Crippen LogP contribution in [0, 0.1) is 13.8 Å². The Kier molecular flexibility index (Phi) is 9.81. The molecule has 10 heteroatoms. The second-order valence-corrected chi connectivity index (χ2v) is 9.96. The Hall–Kier alpha value is -3.01. The lowest BCUT2D eigenvalue weighted by Gasteiger charge is -2.19. The van der Waals surface area contributed by atoms with Gasteiger partial charge in [-0.05, 0) is 62.7 Å². The van der Waals surface area contributed by atoms with Crippen molar-refractivity contribution in [3.05, 3.63) is 58.1 Å². The molecule has 1 N–H and O–H groups in total. The third-order valence-corrected chi connectivity index (χ3v) is 6.89. The monoisotopic (exact) mass is 530 g/mol. The first-order valence-corrected chi connectivity index (χ1v) is 12.9. The maximum atomic E-state index is 13.3. The largest absolute Gasteiger partial charge is 0.492 e. The number of hydrogen-bond acceptors (Lipinski definition) is 7. The highest BCUT2D eigenvalue weighted by atomic mass is 35.5. The van der Waals surface area contributed by atoms with Crippen LogP contribution in [-0.2, 0) is 4.79 Å². The molecule has 0 saturated heterocycles. The molecule has 0 aliphatic rings. The molecule has 0 unspecified atom stereocenters. The number of likely N-dealkylation sites (N-methyl/N-ethyl adjacent to an activating group) is 1. The van der Waals surface area contributed by atoms with E-state index in [1.807, 2.05) is 26.0 Å². The summed E-state index contributed by atoms with van der Waals surface area (Å²) in [6.07, 6.45) is 1.76. The quantitative estimate of drug-likeness (QED) is 0.338. The summed E-state index contributed by atoms with van der Waals surface area (Å²) in [5.41, 5.74) is 3.22. The van der Waals surface area contributed by atoms with Crippen molar-refractivity contribution in [3.63, 3.8) is 0 Å². The Balaban J connectivity index is 1.79. The van der Waals surface area contributed by atoms with Crippen LogP contribution >= 0.6 is 22.9 Å². The smallest absolute Gasteiger partial charge is 0.317 e. The molecular formula is C26H31ClN4O4S. The number of carbonyl (C=O) groups excluding carboxylic acids is 1. The molecule has 0 aliphatic carbocycles. The van der Waals surface area contributed by atoms with Gasteiger partial charge in [-0.1, -0.05) is 48.4 Å². The Morgan fingerprint density at radius 2 is 1.81 bits per heavy atom. The van der Waals surface area contributed by atoms with Gasteiger partial charge in [-0.3, -0.25) is 19.4 Å². The van der Waals surface area contributed by atoms with Gasteiger partial charge in [0, 0.05) is 18.7 Å². The lowest BCUT2D eigenvalue weighted by molar-refractivity contribution is -0.138. The zero-order chi connectivity index (χ0) is 26.2. The summed E-state index contributed by atoms with van der Waals surface area (Å²) in [6, 6.07) is 11.0. The highest BCUT2D eigenvalue weighted by Gasteiger charge is 2.23. The summed E-state index contributed by atoms with van der Waals surface area (Å²) >= 11 is 7.65. The molecule has 0 aliphatic heterocycles. The van der Waals surface area contributed by atoms with Gasteiger partial charge in [-0.2, -0.15) is 0 Å².